The van der Waals surface area contributed by atoms with Gasteiger partial charge in [0.05, 0.1) is 0 Å². The number of carbonyl (C=O) groups excluding carboxylic acids is 3. The zero-order valence-electron chi connectivity index (χ0n) is 52.2. The molecule has 0 bridgehead atoms. The summed E-state index contributed by atoms with van der Waals surface area (Å²) >= 11 is 0. The monoisotopic (exact) mass is 1090 g/mol. The molecule has 78 heavy (non-hydrogen) atoms. The lowest BCUT2D eigenvalue weighted by atomic mass is 10.0. The maximum Gasteiger partial charge on any atom is 0.306 e. The van der Waals surface area contributed by atoms with Crippen molar-refractivity contribution in [1.29, 1.82) is 0 Å². The molecular weight excluding hydrogens is 961 g/mol. The molecule has 0 saturated heterocycles. The molecule has 0 spiro atoms. The van der Waals surface area contributed by atoms with Crippen LogP contribution in [-0.2, 0) is 28.6 Å². The molecular formula is C72H130O6. The van der Waals surface area contributed by atoms with E-state index >= 15 is 0 Å². The molecule has 0 amide bonds. The highest BCUT2D eigenvalue weighted by molar-refractivity contribution is 5.71. The van der Waals surface area contributed by atoms with Gasteiger partial charge in [-0.3, -0.25) is 14.4 Å². The Balaban J connectivity index is 4.36. The van der Waals surface area contributed by atoms with Crippen LogP contribution in [0.1, 0.15) is 361 Å². The van der Waals surface area contributed by atoms with Crippen LogP contribution in [-0.4, -0.2) is 37.2 Å². The summed E-state index contributed by atoms with van der Waals surface area (Å²) in [7, 11) is 0. The summed E-state index contributed by atoms with van der Waals surface area (Å²) in [4.78, 5) is 38.4. The van der Waals surface area contributed by atoms with Gasteiger partial charge in [0.25, 0.3) is 0 Å². The predicted molar refractivity (Wildman–Crippen MR) is 339 cm³/mol. The van der Waals surface area contributed by atoms with Crippen molar-refractivity contribution in [3.8, 4) is 0 Å². The Morgan fingerprint density at radius 2 is 0.462 bits per heavy atom. The fourth-order valence-corrected chi connectivity index (χ4v) is 10.1. The van der Waals surface area contributed by atoms with E-state index < -0.39 is 6.10 Å². The summed E-state index contributed by atoms with van der Waals surface area (Å²) in [6.45, 7) is 6.67. The second kappa shape index (κ2) is 66.6. The molecule has 6 nitrogen and oxygen atoms in total. The van der Waals surface area contributed by atoms with Gasteiger partial charge in [0.15, 0.2) is 6.10 Å². The molecule has 0 rings (SSSR count). The molecule has 454 valence electrons. The molecule has 0 aromatic carbocycles. The van der Waals surface area contributed by atoms with Gasteiger partial charge in [0.2, 0.25) is 0 Å². The first kappa shape index (κ1) is 75.1. The number of ether oxygens (including phenoxy) is 3. The number of esters is 3. The standard InChI is InChI=1S/C72H130O6/c1-4-7-10-13-16-19-22-25-28-31-33-35-36-38-39-41-44-47-50-53-56-59-62-65-71(74)77-68-69(67-76-70(73)64-61-58-55-52-49-46-43-30-27-24-21-18-15-12-9-6-3)78-72(75)66-63-60-57-54-51-48-45-42-40-37-34-32-29-26-23-20-17-14-11-8-5-2/h22-23,25-26,31-34,36,38,69H,4-21,24,27-30,35,37,39-68H2,1-3H3/b25-22-,26-23-,33-31-,34-32-,38-36-. The predicted octanol–water partition coefficient (Wildman–Crippen LogP) is 23.5. The van der Waals surface area contributed by atoms with Crippen LogP contribution in [0.2, 0.25) is 0 Å². The van der Waals surface area contributed by atoms with E-state index in [0.29, 0.717) is 19.3 Å². The number of hydrogen-bond acceptors (Lipinski definition) is 6. The van der Waals surface area contributed by atoms with Gasteiger partial charge in [-0.05, 0) is 89.9 Å². The first-order valence-electron chi connectivity index (χ1n) is 34.3. The molecule has 1 atom stereocenters. The fourth-order valence-electron chi connectivity index (χ4n) is 10.1. The van der Waals surface area contributed by atoms with Crippen LogP contribution in [0.25, 0.3) is 0 Å². The molecule has 6 heteroatoms. The van der Waals surface area contributed by atoms with E-state index in [1.165, 1.54) is 238 Å². The Hall–Kier alpha value is -2.89. The molecule has 0 aliphatic rings. The summed E-state index contributed by atoms with van der Waals surface area (Å²) in [5.74, 6) is -0.864. The summed E-state index contributed by atoms with van der Waals surface area (Å²) in [6.07, 6.45) is 85.1. The SMILES string of the molecule is CCCCCCC/C=C\C/C=C\C/C=C\CCCCCCCCCCC(=O)OCC(COC(=O)CCCCCCCCCCCCCCCCCC)OC(=O)CCCCCCCCCCC/C=C\C/C=C\CCCCCCC. The molecule has 0 aromatic heterocycles. The zero-order valence-corrected chi connectivity index (χ0v) is 52.2. The third kappa shape index (κ3) is 63.9. The van der Waals surface area contributed by atoms with Crippen LogP contribution in [0.3, 0.4) is 0 Å². The first-order chi connectivity index (χ1) is 38.5. The topological polar surface area (TPSA) is 78.9 Å². The third-order valence-electron chi connectivity index (χ3n) is 15.2. The zero-order chi connectivity index (χ0) is 56.4. The minimum atomic E-state index is -0.780. The van der Waals surface area contributed by atoms with Crippen molar-refractivity contribution in [2.75, 3.05) is 13.2 Å². The largest absolute Gasteiger partial charge is 0.462 e. The van der Waals surface area contributed by atoms with E-state index in [4.69, 9.17) is 14.2 Å². The second-order valence-corrected chi connectivity index (χ2v) is 23.1. The minimum absolute atomic E-state index is 0.0747. The lowest BCUT2D eigenvalue weighted by Gasteiger charge is -2.18. The Morgan fingerprint density at radius 3 is 0.718 bits per heavy atom. The molecule has 0 aromatic rings. The van der Waals surface area contributed by atoms with Crippen LogP contribution < -0.4 is 0 Å². The van der Waals surface area contributed by atoms with Crippen LogP contribution in [0.4, 0.5) is 0 Å². The molecule has 0 N–H and O–H groups in total. The Bertz CT molecular complexity index is 1390. The summed E-state index contributed by atoms with van der Waals surface area (Å²) in [5, 5.41) is 0. The number of hydrogen-bond donors (Lipinski definition) is 0. The van der Waals surface area contributed by atoms with E-state index in [2.05, 4.69) is 81.5 Å². The van der Waals surface area contributed by atoms with Crippen LogP contribution in [0.15, 0.2) is 60.8 Å². The van der Waals surface area contributed by atoms with E-state index in [-0.39, 0.29) is 31.1 Å². The first-order valence-corrected chi connectivity index (χ1v) is 34.3. The number of rotatable bonds is 63. The fraction of sp³-hybridized carbons (Fsp3) is 0.819. The smallest absolute Gasteiger partial charge is 0.306 e. The number of carbonyl (C=O) groups is 3. The average Bonchev–Trinajstić information content (AvgIpc) is 3.44. The Labute approximate surface area is 485 Å². The van der Waals surface area contributed by atoms with Crippen molar-refractivity contribution in [3.05, 3.63) is 60.8 Å². The maximum absolute atomic E-state index is 12.9. The van der Waals surface area contributed by atoms with Gasteiger partial charge in [-0.15, -0.1) is 0 Å². The number of unbranched alkanes of at least 4 members (excludes halogenated alkanes) is 42. The van der Waals surface area contributed by atoms with Crippen molar-refractivity contribution in [3.63, 3.8) is 0 Å². The van der Waals surface area contributed by atoms with Crippen LogP contribution in [0, 0.1) is 0 Å². The van der Waals surface area contributed by atoms with E-state index in [9.17, 15) is 14.4 Å². The molecule has 0 aliphatic carbocycles. The third-order valence-corrected chi connectivity index (χ3v) is 15.2. The van der Waals surface area contributed by atoms with Gasteiger partial charge in [0.1, 0.15) is 13.2 Å². The lowest BCUT2D eigenvalue weighted by molar-refractivity contribution is -0.167. The minimum Gasteiger partial charge on any atom is -0.462 e. The van der Waals surface area contributed by atoms with E-state index in [0.717, 1.165) is 83.5 Å². The molecule has 0 heterocycles. The van der Waals surface area contributed by atoms with Crippen LogP contribution in [0.5, 0.6) is 0 Å². The van der Waals surface area contributed by atoms with Gasteiger partial charge >= 0.3 is 17.9 Å². The van der Waals surface area contributed by atoms with E-state index in [1.807, 2.05) is 0 Å². The molecule has 0 saturated carbocycles. The highest BCUT2D eigenvalue weighted by atomic mass is 16.6. The van der Waals surface area contributed by atoms with E-state index in [1.54, 1.807) is 0 Å². The average molecular weight is 1090 g/mol. The quantitative estimate of drug-likeness (QED) is 0.0261. The number of allylic oxidation sites excluding steroid dienone is 10. The van der Waals surface area contributed by atoms with Gasteiger partial charge in [0, 0.05) is 19.3 Å². The summed E-state index contributed by atoms with van der Waals surface area (Å²) in [5.41, 5.74) is 0. The molecule has 0 fully saturated rings. The molecule has 1 unspecified atom stereocenters. The maximum atomic E-state index is 12.9. The van der Waals surface area contributed by atoms with Gasteiger partial charge in [-0.25, -0.2) is 0 Å². The Kier molecular flexibility index (Phi) is 64.2. The van der Waals surface area contributed by atoms with Crippen molar-refractivity contribution < 1.29 is 28.6 Å². The summed E-state index contributed by atoms with van der Waals surface area (Å²) < 4.78 is 17.0. The normalized spacial score (nSPS) is 12.4. The summed E-state index contributed by atoms with van der Waals surface area (Å²) in [6, 6.07) is 0. The highest BCUT2D eigenvalue weighted by Gasteiger charge is 2.19. The lowest BCUT2D eigenvalue weighted by Crippen LogP contribution is -2.30. The van der Waals surface area contributed by atoms with Crippen molar-refractivity contribution in [2.24, 2.45) is 0 Å². The van der Waals surface area contributed by atoms with Crippen LogP contribution >= 0.6 is 0 Å². The highest BCUT2D eigenvalue weighted by Crippen LogP contribution is 2.17. The van der Waals surface area contributed by atoms with Gasteiger partial charge in [-0.2, -0.15) is 0 Å². The van der Waals surface area contributed by atoms with Gasteiger partial charge in [-0.1, -0.05) is 313 Å². The van der Waals surface area contributed by atoms with Crippen molar-refractivity contribution >= 4 is 17.9 Å². The molecule has 0 aliphatic heterocycles. The second-order valence-electron chi connectivity index (χ2n) is 23.1. The van der Waals surface area contributed by atoms with Crippen molar-refractivity contribution in [2.45, 2.75) is 367 Å². The van der Waals surface area contributed by atoms with Crippen molar-refractivity contribution in [1.82, 2.24) is 0 Å². The van der Waals surface area contributed by atoms with Gasteiger partial charge < -0.3 is 14.2 Å². The molecule has 0 radical (unpaired) electrons. The Morgan fingerprint density at radius 1 is 0.256 bits per heavy atom.